The lowest BCUT2D eigenvalue weighted by Crippen LogP contribution is -2.62. The number of esters is 3. The summed E-state index contributed by atoms with van der Waals surface area (Å²) < 4.78 is 13.8. The molecule has 0 saturated heterocycles. The zero-order valence-corrected chi connectivity index (χ0v) is 15.3. The van der Waals surface area contributed by atoms with Crippen molar-refractivity contribution < 1.29 is 43.9 Å². The molecule has 3 N–H and O–H groups in total. The second-order valence-electron chi connectivity index (χ2n) is 4.44. The van der Waals surface area contributed by atoms with Gasteiger partial charge in [-0.15, -0.1) is 0 Å². The minimum Gasteiger partial charge on any atom is -0.421 e. The third kappa shape index (κ3) is 7.07. The molecule has 12 heteroatoms. The second kappa shape index (κ2) is 11.1. The van der Waals surface area contributed by atoms with Crippen LogP contribution in [0.3, 0.4) is 0 Å². The largest absolute Gasteiger partial charge is 0.443 e. The summed E-state index contributed by atoms with van der Waals surface area (Å²) in [5.41, 5.74) is 0. The number of aliphatic hydroxyl groups is 3. The van der Waals surface area contributed by atoms with Gasteiger partial charge in [0.2, 0.25) is 0 Å². The Morgan fingerprint density at radius 3 is 1.58 bits per heavy atom. The van der Waals surface area contributed by atoms with Gasteiger partial charge in [-0.2, -0.15) is 37.9 Å². The van der Waals surface area contributed by atoms with Crippen molar-refractivity contribution in [3.63, 3.8) is 0 Å². The number of rotatable bonds is 11. The number of hydrogen-bond donors (Lipinski definition) is 6. The summed E-state index contributed by atoms with van der Waals surface area (Å²) in [5.74, 6) is -11.1. The Hall–Kier alpha value is -0.660. The van der Waals surface area contributed by atoms with Gasteiger partial charge in [0.15, 0.2) is 0 Å². The fourth-order valence-electron chi connectivity index (χ4n) is 1.52. The minimum atomic E-state index is -3.32. The van der Waals surface area contributed by atoms with Crippen LogP contribution in [0.2, 0.25) is 0 Å². The van der Waals surface area contributed by atoms with E-state index in [1.54, 1.807) is 0 Å². The van der Waals surface area contributed by atoms with E-state index in [1.165, 1.54) is 0 Å². The predicted octanol–water partition coefficient (Wildman–Crippen LogP) is -1.10. The molecule has 0 aliphatic heterocycles. The molecule has 0 fully saturated rings. The van der Waals surface area contributed by atoms with E-state index in [0.717, 1.165) is 0 Å². The Morgan fingerprint density at radius 2 is 1.21 bits per heavy atom. The molecule has 0 aromatic carbocycles. The zero-order valence-electron chi connectivity index (χ0n) is 12.6. The third-order valence-corrected chi connectivity index (χ3v) is 3.37. The van der Waals surface area contributed by atoms with Crippen molar-refractivity contribution in [2.45, 2.75) is 31.0 Å². The molecular formula is C12H20O9S3. The molecule has 0 saturated carbocycles. The normalized spacial score (nSPS) is 13.8. The van der Waals surface area contributed by atoms with E-state index < -0.39 is 53.3 Å². The molecular weight excluding hydrogens is 384 g/mol. The topological polar surface area (TPSA) is 140 Å². The molecule has 0 aliphatic carbocycles. The van der Waals surface area contributed by atoms with Gasteiger partial charge in [-0.05, 0) is 12.8 Å². The third-order valence-electron chi connectivity index (χ3n) is 2.59. The summed E-state index contributed by atoms with van der Waals surface area (Å²) in [7, 11) is 0. The van der Waals surface area contributed by atoms with Crippen LogP contribution in [0, 0.1) is 0 Å². The van der Waals surface area contributed by atoms with E-state index in [2.05, 4.69) is 47.4 Å². The highest BCUT2D eigenvalue weighted by atomic mass is 32.1. The molecule has 1 atom stereocenters. The van der Waals surface area contributed by atoms with Gasteiger partial charge in [0.25, 0.3) is 0 Å². The number of thiol groups is 3. The molecule has 0 radical (unpaired) electrons. The Bertz CT molecular complexity index is 427. The lowest BCUT2D eigenvalue weighted by atomic mass is 10.1. The molecule has 24 heavy (non-hydrogen) atoms. The summed E-state index contributed by atoms with van der Waals surface area (Å²) in [6.45, 7) is -0.248. The average molecular weight is 404 g/mol. The second-order valence-corrected chi connectivity index (χ2v) is 5.39. The van der Waals surface area contributed by atoms with Gasteiger partial charge in [0.1, 0.15) is 0 Å². The fourth-order valence-corrected chi connectivity index (χ4v) is 1.72. The standard InChI is InChI=1S/C12H20O9S3/c13-4-2-1-3-11(17,19-8(14)5-22)12(18,20-9(15)6-23)21-10(16)7-24/h13,17-18,22-24H,1-7H2. The summed E-state index contributed by atoms with van der Waals surface area (Å²) in [5, 5.41) is 29.7. The van der Waals surface area contributed by atoms with Crippen LogP contribution in [0.4, 0.5) is 0 Å². The molecule has 9 nitrogen and oxygen atoms in total. The van der Waals surface area contributed by atoms with Gasteiger partial charge in [-0.25, -0.2) is 0 Å². The molecule has 1 unspecified atom stereocenters. The van der Waals surface area contributed by atoms with Crippen LogP contribution >= 0.6 is 37.9 Å². The molecule has 0 aromatic rings. The van der Waals surface area contributed by atoms with Gasteiger partial charge >= 0.3 is 29.7 Å². The number of unbranched alkanes of at least 4 members (excludes halogenated alkanes) is 1. The van der Waals surface area contributed by atoms with Crippen molar-refractivity contribution in [1.29, 1.82) is 0 Å². The smallest absolute Gasteiger partial charge is 0.421 e. The Morgan fingerprint density at radius 1 is 0.792 bits per heavy atom. The molecule has 0 aliphatic rings. The molecule has 0 rings (SSSR count). The monoisotopic (exact) mass is 404 g/mol. The number of hydrogen-bond acceptors (Lipinski definition) is 12. The molecule has 0 bridgehead atoms. The Kier molecular flexibility index (Phi) is 10.7. The fraction of sp³-hybridized carbons (Fsp3) is 0.750. The summed E-state index contributed by atoms with van der Waals surface area (Å²) in [6, 6.07) is 0. The highest BCUT2D eigenvalue weighted by Crippen LogP contribution is 2.33. The van der Waals surface area contributed by atoms with Crippen LogP contribution in [0.1, 0.15) is 19.3 Å². The Balaban J connectivity index is 5.68. The van der Waals surface area contributed by atoms with Crippen molar-refractivity contribution in [2.75, 3.05) is 23.9 Å². The molecule has 0 spiro atoms. The number of aliphatic hydroxyl groups excluding tert-OH is 1. The first-order valence-corrected chi connectivity index (χ1v) is 8.61. The summed E-state index contributed by atoms with van der Waals surface area (Å²) in [4.78, 5) is 34.4. The van der Waals surface area contributed by atoms with Crippen molar-refractivity contribution in [1.82, 2.24) is 0 Å². The molecule has 0 amide bonds. The SMILES string of the molecule is O=C(CS)OC(O)(CCCCO)C(O)(OC(=O)CS)OC(=O)CS. The highest BCUT2D eigenvalue weighted by Gasteiger charge is 2.60. The number of ether oxygens (including phenoxy) is 3. The van der Waals surface area contributed by atoms with E-state index in [0.29, 0.717) is 0 Å². The first-order valence-electron chi connectivity index (χ1n) is 6.71. The average Bonchev–Trinajstić information content (AvgIpc) is 2.54. The van der Waals surface area contributed by atoms with Gasteiger partial charge in [0.05, 0.1) is 17.3 Å². The van der Waals surface area contributed by atoms with E-state index >= 15 is 0 Å². The van der Waals surface area contributed by atoms with E-state index in [9.17, 15) is 24.6 Å². The van der Waals surface area contributed by atoms with E-state index in [4.69, 9.17) is 9.84 Å². The van der Waals surface area contributed by atoms with Crippen LogP contribution in [0.15, 0.2) is 0 Å². The van der Waals surface area contributed by atoms with E-state index in [-0.39, 0.29) is 19.4 Å². The maximum absolute atomic E-state index is 11.5. The van der Waals surface area contributed by atoms with Gasteiger partial charge < -0.3 is 29.5 Å². The van der Waals surface area contributed by atoms with Crippen molar-refractivity contribution in [3.8, 4) is 0 Å². The lowest BCUT2D eigenvalue weighted by Gasteiger charge is -2.39. The first-order chi connectivity index (χ1) is 11.2. The lowest BCUT2D eigenvalue weighted by molar-refractivity contribution is -0.443. The van der Waals surface area contributed by atoms with Crippen LogP contribution in [0.25, 0.3) is 0 Å². The van der Waals surface area contributed by atoms with Crippen molar-refractivity contribution in [3.05, 3.63) is 0 Å². The van der Waals surface area contributed by atoms with Crippen LogP contribution in [0.5, 0.6) is 0 Å². The summed E-state index contributed by atoms with van der Waals surface area (Å²) in [6.07, 6.45) is -0.312. The molecule has 0 aromatic heterocycles. The predicted molar refractivity (Wildman–Crippen MR) is 90.7 cm³/mol. The number of carbonyl (C=O) groups is 3. The van der Waals surface area contributed by atoms with Crippen molar-refractivity contribution in [2.24, 2.45) is 0 Å². The maximum Gasteiger partial charge on any atom is 0.443 e. The highest BCUT2D eigenvalue weighted by molar-refractivity contribution is 7.81. The van der Waals surface area contributed by atoms with Gasteiger partial charge in [-0.1, -0.05) is 0 Å². The molecule has 0 heterocycles. The van der Waals surface area contributed by atoms with Gasteiger partial charge in [-0.3, -0.25) is 14.4 Å². The number of carbonyl (C=O) groups excluding carboxylic acids is 3. The quantitative estimate of drug-likeness (QED) is 0.110. The molecule has 140 valence electrons. The minimum absolute atomic E-state index is 0.0337. The Labute approximate surface area is 154 Å². The first kappa shape index (κ1) is 23.3. The van der Waals surface area contributed by atoms with Crippen LogP contribution < -0.4 is 0 Å². The van der Waals surface area contributed by atoms with Crippen LogP contribution in [-0.4, -0.2) is 68.9 Å². The summed E-state index contributed by atoms with van der Waals surface area (Å²) >= 11 is 10.9. The zero-order chi connectivity index (χ0) is 18.8. The van der Waals surface area contributed by atoms with E-state index in [1.807, 2.05) is 0 Å². The maximum atomic E-state index is 11.5. The van der Waals surface area contributed by atoms with Crippen LogP contribution in [-0.2, 0) is 28.6 Å². The van der Waals surface area contributed by atoms with Crippen molar-refractivity contribution >= 4 is 55.8 Å². The van der Waals surface area contributed by atoms with Gasteiger partial charge in [0, 0.05) is 13.0 Å².